The average Bonchev–Trinajstić information content (AvgIpc) is 3.31. The number of thiazole rings is 1. The molecular weight excluding hydrogens is 470 g/mol. The number of ether oxygens (including phenoxy) is 1. The maximum absolute atomic E-state index is 13.5. The van der Waals surface area contributed by atoms with E-state index in [1.165, 1.54) is 16.9 Å². The lowest BCUT2D eigenvalue weighted by molar-refractivity contribution is 0.102. The van der Waals surface area contributed by atoms with Crippen molar-refractivity contribution in [1.29, 1.82) is 0 Å². The fourth-order valence-corrected chi connectivity index (χ4v) is 4.72. The van der Waals surface area contributed by atoms with E-state index in [4.69, 9.17) is 9.15 Å². The van der Waals surface area contributed by atoms with Crippen molar-refractivity contribution in [3.05, 3.63) is 99.9 Å². The number of fused-ring (bicyclic) bond motifs is 1. The summed E-state index contributed by atoms with van der Waals surface area (Å²) in [6, 6.07) is 21.2. The van der Waals surface area contributed by atoms with Gasteiger partial charge in [0.15, 0.2) is 5.13 Å². The molecule has 5 aromatic rings. The third-order valence-electron chi connectivity index (χ3n) is 5.81. The summed E-state index contributed by atoms with van der Waals surface area (Å²) < 4.78 is 11.4. The summed E-state index contributed by atoms with van der Waals surface area (Å²) in [4.78, 5) is 22.8. The van der Waals surface area contributed by atoms with Crippen LogP contribution in [0, 0.1) is 20.8 Å². The molecule has 0 saturated heterocycles. The Morgan fingerprint density at radius 2 is 1.83 bits per heavy atom. The number of carbonyl (C=O) groups is 1. The van der Waals surface area contributed by atoms with E-state index in [-0.39, 0.29) is 11.5 Å². The quantitative estimate of drug-likeness (QED) is 0.285. The first-order valence-corrected chi connectivity index (χ1v) is 12.4. The molecule has 0 radical (unpaired) electrons. The Bertz CT molecular complexity index is 1670. The Morgan fingerprint density at radius 1 is 1.00 bits per heavy atom. The molecule has 6 nitrogen and oxygen atoms in total. The van der Waals surface area contributed by atoms with Crippen LogP contribution in [0.5, 0.6) is 5.75 Å². The zero-order chi connectivity index (χ0) is 25.2. The minimum atomic E-state index is -0.351. The molecule has 0 fully saturated rings. The standard InChI is InChI=1S/C29H25N3O3S/c1-17-6-5-7-21(13-17)30-28-24(15-20-14-22(34-4)9-11-26(20)35-28)27(33)32-29-31-25(16-36-29)23-10-8-18(2)12-19(23)3/h5-16H,1-4H3,(H,31,32,33). The summed E-state index contributed by atoms with van der Waals surface area (Å²) in [7, 11) is 1.60. The molecule has 0 atom stereocenters. The summed E-state index contributed by atoms with van der Waals surface area (Å²) in [6.07, 6.45) is 0. The van der Waals surface area contributed by atoms with E-state index in [0.717, 1.165) is 27.8 Å². The molecule has 2 aromatic heterocycles. The number of hydrogen-bond donors (Lipinski definition) is 1. The average molecular weight is 496 g/mol. The summed E-state index contributed by atoms with van der Waals surface area (Å²) in [5.41, 5.74) is 7.10. The topological polar surface area (TPSA) is 76.7 Å². The van der Waals surface area contributed by atoms with Crippen LogP contribution in [-0.4, -0.2) is 18.0 Å². The normalized spacial score (nSPS) is 11.6. The van der Waals surface area contributed by atoms with Crippen LogP contribution >= 0.6 is 11.3 Å². The summed E-state index contributed by atoms with van der Waals surface area (Å²) in [5, 5.41) is 6.11. The minimum absolute atomic E-state index is 0.224. The number of carbonyl (C=O) groups excluding carboxylic acids is 1. The molecule has 0 aliphatic rings. The molecule has 0 aliphatic heterocycles. The highest BCUT2D eigenvalue weighted by molar-refractivity contribution is 7.14. The predicted molar refractivity (Wildman–Crippen MR) is 144 cm³/mol. The van der Waals surface area contributed by atoms with E-state index in [0.29, 0.717) is 27.7 Å². The molecule has 7 heteroatoms. The maximum Gasteiger partial charge on any atom is 0.262 e. The van der Waals surface area contributed by atoms with Gasteiger partial charge in [-0.2, -0.15) is 0 Å². The van der Waals surface area contributed by atoms with E-state index < -0.39 is 0 Å². The number of benzene rings is 3. The Morgan fingerprint density at radius 3 is 2.61 bits per heavy atom. The fraction of sp³-hybridized carbons (Fsp3) is 0.138. The van der Waals surface area contributed by atoms with Crippen molar-refractivity contribution in [3.8, 4) is 17.0 Å². The van der Waals surface area contributed by atoms with Crippen LogP contribution < -0.4 is 15.6 Å². The van der Waals surface area contributed by atoms with Crippen LogP contribution in [0.1, 0.15) is 27.0 Å². The molecule has 0 bridgehead atoms. The van der Waals surface area contributed by atoms with Gasteiger partial charge in [0.05, 0.1) is 18.5 Å². The van der Waals surface area contributed by atoms with Crippen molar-refractivity contribution < 1.29 is 13.9 Å². The molecule has 1 N–H and O–H groups in total. The van der Waals surface area contributed by atoms with Gasteiger partial charge in [-0.25, -0.2) is 9.98 Å². The van der Waals surface area contributed by atoms with Gasteiger partial charge in [-0.1, -0.05) is 35.9 Å². The van der Waals surface area contributed by atoms with Gasteiger partial charge in [0.1, 0.15) is 16.9 Å². The van der Waals surface area contributed by atoms with E-state index in [1.807, 2.05) is 54.8 Å². The first-order valence-electron chi connectivity index (χ1n) is 11.5. The van der Waals surface area contributed by atoms with Crippen molar-refractivity contribution in [1.82, 2.24) is 4.98 Å². The molecule has 0 unspecified atom stereocenters. The monoisotopic (exact) mass is 495 g/mol. The van der Waals surface area contributed by atoms with Gasteiger partial charge in [0, 0.05) is 16.3 Å². The van der Waals surface area contributed by atoms with Gasteiger partial charge < -0.3 is 9.15 Å². The number of anilines is 1. The highest BCUT2D eigenvalue weighted by Gasteiger charge is 2.16. The van der Waals surface area contributed by atoms with E-state index in [2.05, 4.69) is 47.3 Å². The number of hydrogen-bond acceptors (Lipinski definition) is 6. The van der Waals surface area contributed by atoms with Gasteiger partial charge in [-0.05, 0) is 68.3 Å². The molecule has 3 aromatic carbocycles. The Kier molecular flexibility index (Phi) is 6.40. The van der Waals surface area contributed by atoms with Crippen LogP contribution in [0.2, 0.25) is 0 Å². The minimum Gasteiger partial charge on any atom is -0.497 e. The Labute approximate surface area is 212 Å². The molecule has 1 amide bonds. The molecule has 2 heterocycles. The van der Waals surface area contributed by atoms with Gasteiger partial charge in [0.2, 0.25) is 5.55 Å². The zero-order valence-corrected chi connectivity index (χ0v) is 21.3. The third-order valence-corrected chi connectivity index (χ3v) is 6.57. The first-order chi connectivity index (χ1) is 17.4. The van der Waals surface area contributed by atoms with Crippen molar-refractivity contribution in [2.24, 2.45) is 4.99 Å². The molecule has 5 rings (SSSR count). The number of amides is 1. The summed E-state index contributed by atoms with van der Waals surface area (Å²) in [5.74, 6) is 0.321. The van der Waals surface area contributed by atoms with Crippen LogP contribution in [0.3, 0.4) is 0 Å². The Hall–Kier alpha value is -4.23. The maximum atomic E-state index is 13.5. The van der Waals surface area contributed by atoms with Crippen LogP contribution in [-0.2, 0) is 0 Å². The lowest BCUT2D eigenvalue weighted by atomic mass is 10.0. The molecule has 0 saturated carbocycles. The van der Waals surface area contributed by atoms with Gasteiger partial charge in [0.25, 0.3) is 5.91 Å². The number of aryl methyl sites for hydroxylation is 3. The smallest absolute Gasteiger partial charge is 0.262 e. The highest BCUT2D eigenvalue weighted by atomic mass is 32.1. The number of rotatable bonds is 5. The van der Waals surface area contributed by atoms with E-state index >= 15 is 0 Å². The molecule has 0 spiro atoms. The second-order valence-corrected chi connectivity index (χ2v) is 9.49. The zero-order valence-electron chi connectivity index (χ0n) is 20.5. The van der Waals surface area contributed by atoms with Crippen LogP contribution in [0.25, 0.3) is 22.2 Å². The number of aromatic nitrogens is 1. The molecule has 0 aliphatic carbocycles. The summed E-state index contributed by atoms with van der Waals surface area (Å²) in [6.45, 7) is 6.11. The lowest BCUT2D eigenvalue weighted by Crippen LogP contribution is -2.21. The predicted octanol–water partition coefficient (Wildman–Crippen LogP) is 6.97. The number of nitrogens with zero attached hydrogens (tertiary/aromatic N) is 2. The van der Waals surface area contributed by atoms with Crippen LogP contribution in [0.4, 0.5) is 10.8 Å². The van der Waals surface area contributed by atoms with Gasteiger partial charge in [-0.15, -0.1) is 11.3 Å². The first kappa shape index (κ1) is 23.5. The van der Waals surface area contributed by atoms with Crippen molar-refractivity contribution in [3.63, 3.8) is 0 Å². The van der Waals surface area contributed by atoms with Gasteiger partial charge >= 0.3 is 0 Å². The molecule has 180 valence electrons. The molecular formula is C29H25N3O3S. The third kappa shape index (κ3) is 4.92. The molecule has 36 heavy (non-hydrogen) atoms. The number of methoxy groups -OCH3 is 1. The van der Waals surface area contributed by atoms with Gasteiger partial charge in [-0.3, -0.25) is 10.1 Å². The van der Waals surface area contributed by atoms with Crippen molar-refractivity contribution >= 4 is 39.0 Å². The van der Waals surface area contributed by atoms with E-state index in [1.54, 1.807) is 13.2 Å². The second-order valence-electron chi connectivity index (χ2n) is 8.63. The van der Waals surface area contributed by atoms with Crippen LogP contribution in [0.15, 0.2) is 81.5 Å². The second kappa shape index (κ2) is 9.79. The summed E-state index contributed by atoms with van der Waals surface area (Å²) >= 11 is 1.38. The van der Waals surface area contributed by atoms with Crippen molar-refractivity contribution in [2.75, 3.05) is 12.4 Å². The van der Waals surface area contributed by atoms with E-state index in [9.17, 15) is 4.79 Å². The Balaban J connectivity index is 1.55. The largest absolute Gasteiger partial charge is 0.497 e. The highest BCUT2D eigenvalue weighted by Crippen LogP contribution is 2.28. The lowest BCUT2D eigenvalue weighted by Gasteiger charge is -2.07. The van der Waals surface area contributed by atoms with Crippen molar-refractivity contribution in [2.45, 2.75) is 20.8 Å². The SMILES string of the molecule is COc1ccc2oc(=Nc3cccc(C)c3)c(C(=O)Nc3nc(-c4ccc(C)cc4C)cs3)cc2c1. The number of nitrogens with one attached hydrogen (secondary N) is 1. The fourth-order valence-electron chi connectivity index (χ4n) is 4.02.